The molecule has 0 aromatic heterocycles. The molecule has 0 aliphatic heterocycles. The zero-order chi connectivity index (χ0) is 15.2. The van der Waals surface area contributed by atoms with Crippen molar-refractivity contribution in [2.24, 2.45) is 0 Å². The maximum Gasteiger partial charge on any atom is 0.251 e. The van der Waals surface area contributed by atoms with Gasteiger partial charge in [0.1, 0.15) is 0 Å². The Morgan fingerprint density at radius 3 is 2.05 bits per heavy atom. The molecule has 2 nitrogen and oxygen atoms in total. The van der Waals surface area contributed by atoms with Crippen LogP contribution < -0.4 is 0 Å². The van der Waals surface area contributed by atoms with E-state index >= 15 is 0 Å². The summed E-state index contributed by atoms with van der Waals surface area (Å²) in [4.78, 5) is 1.43. The summed E-state index contributed by atoms with van der Waals surface area (Å²) in [6.45, 7) is -0.145. The molecule has 0 bridgehead atoms. The minimum absolute atomic E-state index is 0.190. The average molecular weight is 291 g/mol. The summed E-state index contributed by atoms with van der Waals surface area (Å²) in [5.41, 5.74) is 2.90. The molecular formula is C17H19F2NO. The van der Waals surface area contributed by atoms with Crippen LogP contribution in [-0.2, 0) is 0 Å². The van der Waals surface area contributed by atoms with Crippen LogP contribution in [0.5, 0.6) is 0 Å². The summed E-state index contributed by atoms with van der Waals surface area (Å²) in [5.74, 6) is 0. The molecule has 2 aromatic rings. The molecule has 0 radical (unpaired) electrons. The third-order valence-electron chi connectivity index (χ3n) is 3.34. The minimum atomic E-state index is -2.39. The maximum atomic E-state index is 12.3. The molecule has 0 amide bonds. The average Bonchev–Trinajstić information content (AvgIpc) is 2.47. The lowest BCUT2D eigenvalue weighted by Gasteiger charge is -2.20. The van der Waals surface area contributed by atoms with Gasteiger partial charge in [0.25, 0.3) is 6.43 Å². The van der Waals surface area contributed by atoms with Gasteiger partial charge in [-0.15, -0.1) is 0 Å². The fourth-order valence-corrected chi connectivity index (χ4v) is 2.24. The fraction of sp³-hybridized carbons (Fsp3) is 0.294. The van der Waals surface area contributed by atoms with Gasteiger partial charge in [-0.2, -0.15) is 0 Å². The Kier molecular flexibility index (Phi) is 5.42. The van der Waals surface area contributed by atoms with Crippen LogP contribution in [0, 0.1) is 0 Å². The summed E-state index contributed by atoms with van der Waals surface area (Å²) in [6.07, 6.45) is -3.15. The second-order valence-electron chi connectivity index (χ2n) is 5.12. The molecule has 2 rings (SSSR count). The number of aliphatic hydroxyl groups is 1. The van der Waals surface area contributed by atoms with Gasteiger partial charge in [0.2, 0.25) is 0 Å². The van der Waals surface area contributed by atoms with E-state index in [1.165, 1.54) is 4.90 Å². The Bertz CT molecular complexity index is 542. The topological polar surface area (TPSA) is 23.5 Å². The largest absolute Gasteiger partial charge is 0.387 e. The number of hydrogen-bond acceptors (Lipinski definition) is 2. The lowest BCUT2D eigenvalue weighted by atomic mass is 10.0. The van der Waals surface area contributed by atoms with Crippen molar-refractivity contribution in [2.45, 2.75) is 12.5 Å². The van der Waals surface area contributed by atoms with Crippen LogP contribution in [-0.4, -0.2) is 36.6 Å². The molecule has 0 saturated carbocycles. The third kappa shape index (κ3) is 4.62. The van der Waals surface area contributed by atoms with E-state index in [0.29, 0.717) is 0 Å². The van der Waals surface area contributed by atoms with Crippen molar-refractivity contribution in [3.63, 3.8) is 0 Å². The minimum Gasteiger partial charge on any atom is -0.387 e. The number of rotatable bonds is 6. The predicted octanol–water partition coefficient (Wildman–Crippen LogP) is 3.58. The Morgan fingerprint density at radius 2 is 1.48 bits per heavy atom. The number of nitrogens with zero attached hydrogens (tertiary/aromatic N) is 1. The smallest absolute Gasteiger partial charge is 0.251 e. The first kappa shape index (κ1) is 15.6. The van der Waals surface area contributed by atoms with E-state index in [1.807, 2.05) is 54.6 Å². The molecule has 112 valence electrons. The number of halogens is 2. The predicted molar refractivity (Wildman–Crippen MR) is 80.3 cm³/mol. The Morgan fingerprint density at radius 1 is 0.905 bits per heavy atom. The van der Waals surface area contributed by atoms with Crippen molar-refractivity contribution in [3.05, 3.63) is 60.2 Å². The monoisotopic (exact) mass is 291 g/mol. The zero-order valence-corrected chi connectivity index (χ0v) is 11.9. The molecule has 0 aliphatic carbocycles. The van der Waals surface area contributed by atoms with E-state index in [1.54, 1.807) is 7.05 Å². The van der Waals surface area contributed by atoms with E-state index in [9.17, 15) is 13.9 Å². The molecule has 0 fully saturated rings. The molecule has 0 saturated heterocycles. The molecule has 1 N–H and O–H groups in total. The van der Waals surface area contributed by atoms with E-state index in [0.717, 1.165) is 16.7 Å². The first-order chi connectivity index (χ1) is 10.1. The molecule has 1 unspecified atom stereocenters. The van der Waals surface area contributed by atoms with Gasteiger partial charge < -0.3 is 5.11 Å². The molecule has 4 heteroatoms. The normalized spacial score (nSPS) is 12.9. The summed E-state index contributed by atoms with van der Waals surface area (Å²) >= 11 is 0. The lowest BCUT2D eigenvalue weighted by molar-refractivity contribution is 0.0680. The molecule has 21 heavy (non-hydrogen) atoms. The van der Waals surface area contributed by atoms with E-state index in [4.69, 9.17) is 0 Å². The zero-order valence-electron chi connectivity index (χ0n) is 11.9. The number of hydrogen-bond donors (Lipinski definition) is 1. The fourth-order valence-electron chi connectivity index (χ4n) is 2.24. The van der Waals surface area contributed by atoms with Gasteiger partial charge in [-0.1, -0.05) is 54.6 Å². The quantitative estimate of drug-likeness (QED) is 0.879. The van der Waals surface area contributed by atoms with Crippen molar-refractivity contribution >= 4 is 0 Å². The number of benzene rings is 2. The Labute approximate surface area is 123 Å². The highest BCUT2D eigenvalue weighted by molar-refractivity contribution is 5.63. The highest BCUT2D eigenvalue weighted by atomic mass is 19.3. The van der Waals surface area contributed by atoms with E-state index < -0.39 is 12.5 Å². The summed E-state index contributed by atoms with van der Waals surface area (Å²) < 4.78 is 24.5. The second-order valence-corrected chi connectivity index (χ2v) is 5.12. The SMILES string of the molecule is CN(CC(F)F)CC(O)c1ccc(-c2ccccc2)cc1. The molecule has 0 aliphatic rings. The van der Waals surface area contributed by atoms with Crippen molar-refractivity contribution in [2.75, 3.05) is 20.1 Å². The summed E-state index contributed by atoms with van der Waals surface area (Å²) in [7, 11) is 1.58. The standard InChI is InChI=1S/C17H19F2NO/c1-20(12-17(18)19)11-16(21)15-9-7-14(8-10-15)13-5-3-2-4-6-13/h2-10,16-17,21H,11-12H2,1H3. The maximum absolute atomic E-state index is 12.3. The first-order valence-electron chi connectivity index (χ1n) is 6.86. The van der Waals surface area contributed by atoms with Crippen LogP contribution in [0.15, 0.2) is 54.6 Å². The second kappa shape index (κ2) is 7.29. The molecule has 0 heterocycles. The van der Waals surface area contributed by atoms with Gasteiger partial charge in [-0.3, -0.25) is 4.90 Å². The van der Waals surface area contributed by atoms with Gasteiger partial charge in [-0.25, -0.2) is 8.78 Å². The molecular weight excluding hydrogens is 272 g/mol. The van der Waals surface area contributed by atoms with Crippen LogP contribution in [0.25, 0.3) is 11.1 Å². The van der Waals surface area contributed by atoms with Crippen LogP contribution in [0.4, 0.5) is 8.78 Å². The number of alkyl halides is 2. The summed E-state index contributed by atoms with van der Waals surface area (Å²) in [6, 6.07) is 17.5. The van der Waals surface area contributed by atoms with Crippen LogP contribution in [0.1, 0.15) is 11.7 Å². The molecule has 1 atom stereocenters. The van der Waals surface area contributed by atoms with Crippen molar-refractivity contribution in [1.82, 2.24) is 4.90 Å². The highest BCUT2D eigenvalue weighted by Gasteiger charge is 2.14. The van der Waals surface area contributed by atoms with Crippen LogP contribution in [0.2, 0.25) is 0 Å². The first-order valence-corrected chi connectivity index (χ1v) is 6.86. The van der Waals surface area contributed by atoms with Crippen molar-refractivity contribution < 1.29 is 13.9 Å². The lowest BCUT2D eigenvalue weighted by Crippen LogP contribution is -2.29. The Hall–Kier alpha value is -1.78. The molecule has 0 spiro atoms. The van der Waals surface area contributed by atoms with Crippen molar-refractivity contribution in [3.8, 4) is 11.1 Å². The highest BCUT2D eigenvalue weighted by Crippen LogP contribution is 2.22. The van der Waals surface area contributed by atoms with Crippen LogP contribution in [0.3, 0.4) is 0 Å². The van der Waals surface area contributed by atoms with Gasteiger partial charge in [0.05, 0.1) is 12.6 Å². The van der Waals surface area contributed by atoms with Gasteiger partial charge in [0.15, 0.2) is 0 Å². The van der Waals surface area contributed by atoms with E-state index in [2.05, 4.69) is 0 Å². The Balaban J connectivity index is 2.02. The van der Waals surface area contributed by atoms with E-state index in [-0.39, 0.29) is 13.1 Å². The molecule has 2 aromatic carbocycles. The summed E-state index contributed by atoms with van der Waals surface area (Å²) in [5, 5.41) is 10.1. The number of likely N-dealkylation sites (N-methyl/N-ethyl adjacent to an activating group) is 1. The number of aliphatic hydroxyl groups excluding tert-OH is 1. The van der Waals surface area contributed by atoms with Gasteiger partial charge >= 0.3 is 0 Å². The van der Waals surface area contributed by atoms with Gasteiger partial charge in [0, 0.05) is 6.54 Å². The van der Waals surface area contributed by atoms with Gasteiger partial charge in [-0.05, 0) is 23.7 Å². The third-order valence-corrected chi connectivity index (χ3v) is 3.34. The van der Waals surface area contributed by atoms with Crippen molar-refractivity contribution in [1.29, 1.82) is 0 Å². The van der Waals surface area contributed by atoms with Crippen LogP contribution >= 0.6 is 0 Å².